The van der Waals surface area contributed by atoms with E-state index in [9.17, 15) is 9.90 Å². The number of primary amides is 1. The van der Waals surface area contributed by atoms with Crippen molar-refractivity contribution < 1.29 is 9.90 Å². The van der Waals surface area contributed by atoms with Crippen LogP contribution in [0.1, 0.15) is 18.0 Å². The molecule has 1 unspecified atom stereocenters. The second-order valence-corrected chi connectivity index (χ2v) is 5.70. The molecular formula is C9H9Br3N2O2. The van der Waals surface area contributed by atoms with Crippen LogP contribution < -0.4 is 11.5 Å². The molecule has 0 saturated carbocycles. The molecule has 0 bridgehead atoms. The number of carbonyl (C=O) groups excluding carboxylic acids is 1. The summed E-state index contributed by atoms with van der Waals surface area (Å²) in [5.74, 6) is -0.452. The molecule has 1 rings (SSSR count). The number of nitrogens with two attached hydrogens (primary N) is 2. The minimum absolute atomic E-state index is 0.0122. The Kier molecular flexibility index (Phi) is 4.78. The summed E-state index contributed by atoms with van der Waals surface area (Å²) >= 11 is 9.74. The maximum Gasteiger partial charge on any atom is 0.219 e. The van der Waals surface area contributed by atoms with Crippen LogP contribution in [0, 0.1) is 0 Å². The molecule has 16 heavy (non-hydrogen) atoms. The zero-order chi connectivity index (χ0) is 12.5. The zero-order valence-electron chi connectivity index (χ0n) is 8.01. The molecule has 0 aliphatic carbocycles. The lowest BCUT2D eigenvalue weighted by atomic mass is 10.0. The fraction of sp³-hybridized carbons (Fsp3) is 0.222. The molecular weight excluding hydrogens is 408 g/mol. The van der Waals surface area contributed by atoms with Gasteiger partial charge in [0.2, 0.25) is 5.91 Å². The first-order chi connectivity index (χ1) is 7.34. The normalized spacial score (nSPS) is 12.5. The SMILES string of the molecule is NC(=O)CC(N)c1c(Br)cc(Br)c(O)c1Br. The van der Waals surface area contributed by atoms with Crippen molar-refractivity contribution in [3.63, 3.8) is 0 Å². The summed E-state index contributed by atoms with van der Waals surface area (Å²) in [6, 6.07) is 1.09. The molecule has 0 spiro atoms. The molecule has 0 aliphatic rings. The summed E-state index contributed by atoms with van der Waals surface area (Å²) in [7, 11) is 0. The van der Waals surface area contributed by atoms with Crippen molar-refractivity contribution in [2.45, 2.75) is 12.5 Å². The molecule has 0 heterocycles. The van der Waals surface area contributed by atoms with Crippen molar-refractivity contribution in [2.75, 3.05) is 0 Å². The van der Waals surface area contributed by atoms with Crippen LogP contribution >= 0.6 is 47.8 Å². The van der Waals surface area contributed by atoms with Gasteiger partial charge >= 0.3 is 0 Å². The van der Waals surface area contributed by atoms with Crippen LogP contribution in [0.5, 0.6) is 5.75 Å². The second-order valence-electron chi connectivity index (χ2n) is 3.19. The van der Waals surface area contributed by atoms with Gasteiger partial charge in [0.1, 0.15) is 5.75 Å². The van der Waals surface area contributed by atoms with Gasteiger partial charge in [-0.1, -0.05) is 15.9 Å². The highest BCUT2D eigenvalue weighted by molar-refractivity contribution is 9.11. The fourth-order valence-corrected chi connectivity index (χ4v) is 3.96. The smallest absolute Gasteiger partial charge is 0.219 e. The van der Waals surface area contributed by atoms with E-state index < -0.39 is 11.9 Å². The lowest BCUT2D eigenvalue weighted by Crippen LogP contribution is -2.21. The quantitative estimate of drug-likeness (QED) is 0.707. The Morgan fingerprint density at radius 3 is 2.44 bits per heavy atom. The molecule has 1 amide bonds. The van der Waals surface area contributed by atoms with E-state index in [4.69, 9.17) is 11.5 Å². The number of phenols is 1. The van der Waals surface area contributed by atoms with Crippen molar-refractivity contribution >= 4 is 53.7 Å². The average Bonchev–Trinajstić information content (AvgIpc) is 2.13. The number of halogens is 3. The number of amides is 1. The first-order valence-electron chi connectivity index (χ1n) is 4.24. The van der Waals surface area contributed by atoms with Gasteiger partial charge in [0, 0.05) is 22.5 Å². The molecule has 0 aliphatic heterocycles. The lowest BCUT2D eigenvalue weighted by molar-refractivity contribution is -0.118. The number of benzene rings is 1. The predicted octanol–water partition coefficient (Wildman–Crippen LogP) is 2.55. The van der Waals surface area contributed by atoms with Crippen LogP contribution in [0.25, 0.3) is 0 Å². The Labute approximate surface area is 118 Å². The van der Waals surface area contributed by atoms with Gasteiger partial charge in [-0.25, -0.2) is 0 Å². The fourth-order valence-electron chi connectivity index (χ4n) is 1.25. The number of carbonyl (C=O) groups is 1. The van der Waals surface area contributed by atoms with Crippen molar-refractivity contribution in [1.29, 1.82) is 0 Å². The lowest BCUT2D eigenvalue weighted by Gasteiger charge is -2.16. The molecule has 0 aromatic heterocycles. The Balaban J connectivity index is 3.23. The van der Waals surface area contributed by atoms with E-state index in [-0.39, 0.29) is 12.2 Å². The third kappa shape index (κ3) is 2.97. The number of aromatic hydroxyl groups is 1. The first-order valence-corrected chi connectivity index (χ1v) is 6.62. The Morgan fingerprint density at radius 2 is 1.94 bits per heavy atom. The van der Waals surface area contributed by atoms with E-state index in [1.807, 2.05) is 0 Å². The minimum atomic E-state index is -0.569. The third-order valence-corrected chi connectivity index (χ3v) is 4.04. The van der Waals surface area contributed by atoms with Crippen molar-refractivity contribution in [2.24, 2.45) is 11.5 Å². The maximum absolute atomic E-state index is 10.8. The second kappa shape index (κ2) is 5.48. The van der Waals surface area contributed by atoms with Crippen LogP contribution in [-0.2, 0) is 4.79 Å². The summed E-state index contributed by atoms with van der Waals surface area (Å²) in [5.41, 5.74) is 11.5. The third-order valence-electron chi connectivity index (χ3n) is 1.97. The highest BCUT2D eigenvalue weighted by Gasteiger charge is 2.20. The van der Waals surface area contributed by atoms with Gasteiger partial charge in [-0.2, -0.15) is 0 Å². The molecule has 0 fully saturated rings. The van der Waals surface area contributed by atoms with E-state index in [1.165, 1.54) is 0 Å². The summed E-state index contributed by atoms with van der Waals surface area (Å²) in [6.45, 7) is 0. The monoisotopic (exact) mass is 414 g/mol. The Bertz CT molecular complexity index is 437. The maximum atomic E-state index is 10.8. The van der Waals surface area contributed by atoms with Crippen molar-refractivity contribution in [3.05, 3.63) is 25.0 Å². The molecule has 1 aromatic carbocycles. The van der Waals surface area contributed by atoms with E-state index in [2.05, 4.69) is 47.8 Å². The van der Waals surface area contributed by atoms with Gasteiger partial charge in [-0.15, -0.1) is 0 Å². The largest absolute Gasteiger partial charge is 0.506 e. The van der Waals surface area contributed by atoms with Crippen LogP contribution in [0.15, 0.2) is 19.5 Å². The van der Waals surface area contributed by atoms with Crippen LogP contribution in [0.3, 0.4) is 0 Å². The Morgan fingerprint density at radius 1 is 1.38 bits per heavy atom. The van der Waals surface area contributed by atoms with E-state index in [0.29, 0.717) is 19.0 Å². The van der Waals surface area contributed by atoms with Crippen LogP contribution in [-0.4, -0.2) is 11.0 Å². The Hall–Kier alpha value is -0.110. The standard InChI is InChI=1S/C9H9Br3N2O2/c10-3-1-4(11)9(16)8(12)7(3)5(13)2-6(14)15/h1,5,16H,2,13H2,(H2,14,15). The zero-order valence-corrected chi connectivity index (χ0v) is 12.8. The van der Waals surface area contributed by atoms with Gasteiger partial charge in [-0.05, 0) is 37.9 Å². The molecule has 5 N–H and O–H groups in total. The van der Waals surface area contributed by atoms with Crippen molar-refractivity contribution in [1.82, 2.24) is 0 Å². The summed E-state index contributed by atoms with van der Waals surface area (Å²) < 4.78 is 1.67. The molecule has 1 atom stereocenters. The van der Waals surface area contributed by atoms with Crippen molar-refractivity contribution in [3.8, 4) is 5.75 Å². The van der Waals surface area contributed by atoms with Gasteiger partial charge in [-0.3, -0.25) is 4.79 Å². The number of hydrogen-bond acceptors (Lipinski definition) is 3. The van der Waals surface area contributed by atoms with E-state index in [0.717, 1.165) is 0 Å². The molecule has 0 radical (unpaired) electrons. The van der Waals surface area contributed by atoms with Gasteiger partial charge < -0.3 is 16.6 Å². The molecule has 4 nitrogen and oxygen atoms in total. The summed E-state index contributed by atoms with van der Waals surface area (Å²) in [6.07, 6.45) is 0.0122. The molecule has 7 heteroatoms. The predicted molar refractivity (Wildman–Crippen MR) is 71.9 cm³/mol. The highest BCUT2D eigenvalue weighted by atomic mass is 79.9. The topological polar surface area (TPSA) is 89.3 Å². The minimum Gasteiger partial charge on any atom is -0.506 e. The van der Waals surface area contributed by atoms with Gasteiger partial charge in [0.25, 0.3) is 0 Å². The first kappa shape index (κ1) is 14.0. The van der Waals surface area contributed by atoms with E-state index in [1.54, 1.807) is 6.07 Å². The summed E-state index contributed by atoms with van der Waals surface area (Å²) in [5, 5.41) is 9.71. The van der Waals surface area contributed by atoms with E-state index >= 15 is 0 Å². The van der Waals surface area contributed by atoms with Crippen LogP contribution in [0.2, 0.25) is 0 Å². The number of rotatable bonds is 3. The number of phenolic OH excluding ortho intramolecular Hbond substituents is 1. The molecule has 1 aromatic rings. The molecule has 0 saturated heterocycles. The van der Waals surface area contributed by atoms with Crippen LogP contribution in [0.4, 0.5) is 0 Å². The number of hydrogen-bond donors (Lipinski definition) is 3. The summed E-state index contributed by atoms with van der Waals surface area (Å²) in [4.78, 5) is 10.8. The molecule has 88 valence electrons. The van der Waals surface area contributed by atoms with Gasteiger partial charge in [0.15, 0.2) is 0 Å². The van der Waals surface area contributed by atoms with Gasteiger partial charge in [0.05, 0.1) is 8.95 Å². The average molecular weight is 417 g/mol. The highest BCUT2D eigenvalue weighted by Crippen LogP contribution is 2.42.